The fourth-order valence-electron chi connectivity index (χ4n) is 0.374. The highest BCUT2D eigenvalue weighted by Crippen LogP contribution is 2.22. The van der Waals surface area contributed by atoms with Gasteiger partial charge in [-0.25, -0.2) is 13.6 Å². The van der Waals surface area contributed by atoms with Gasteiger partial charge in [0.15, 0.2) is 0 Å². The summed E-state index contributed by atoms with van der Waals surface area (Å²) in [5.74, 6) is -5.42. The van der Waals surface area contributed by atoms with Gasteiger partial charge in [0.2, 0.25) is 6.10 Å². The molecule has 0 bridgehead atoms. The number of alkyl halides is 2. The second-order valence-electron chi connectivity index (χ2n) is 1.86. The summed E-state index contributed by atoms with van der Waals surface area (Å²) in [4.78, 5) is 9.77. The van der Waals surface area contributed by atoms with Crippen molar-refractivity contribution in [3.63, 3.8) is 0 Å². The smallest absolute Gasteiger partial charge is 0.338 e. The molecular formula is C5H8F2O3. The van der Waals surface area contributed by atoms with Crippen molar-refractivity contribution >= 4 is 5.97 Å². The van der Waals surface area contributed by atoms with Crippen LogP contribution in [-0.2, 0) is 4.79 Å². The second kappa shape index (κ2) is 2.92. The molecule has 0 aliphatic rings. The van der Waals surface area contributed by atoms with Crippen molar-refractivity contribution in [1.29, 1.82) is 0 Å². The van der Waals surface area contributed by atoms with Gasteiger partial charge in [0.1, 0.15) is 0 Å². The van der Waals surface area contributed by atoms with E-state index in [0.717, 1.165) is 6.92 Å². The summed E-state index contributed by atoms with van der Waals surface area (Å²) < 4.78 is 24.3. The number of aliphatic hydroxyl groups is 1. The van der Waals surface area contributed by atoms with E-state index in [1.807, 2.05) is 0 Å². The van der Waals surface area contributed by atoms with Gasteiger partial charge >= 0.3 is 5.97 Å². The number of aliphatic carboxylic acids is 1. The highest BCUT2D eigenvalue weighted by molar-refractivity contribution is 5.73. The molecule has 0 saturated carbocycles. The summed E-state index contributed by atoms with van der Waals surface area (Å²) in [5.41, 5.74) is 0. The number of carbonyl (C=O) groups is 1. The van der Waals surface area contributed by atoms with E-state index >= 15 is 0 Å². The number of carboxylic acid groups (broad SMARTS) is 1. The molecule has 0 radical (unpaired) electrons. The van der Waals surface area contributed by atoms with Crippen LogP contribution in [0.1, 0.15) is 13.3 Å². The summed E-state index contributed by atoms with van der Waals surface area (Å²) in [6, 6.07) is 0. The molecule has 3 nitrogen and oxygen atoms in total. The summed E-state index contributed by atoms with van der Waals surface area (Å²) in [5, 5.41) is 16.2. The molecule has 5 heteroatoms. The van der Waals surface area contributed by atoms with Gasteiger partial charge < -0.3 is 10.2 Å². The first kappa shape index (κ1) is 9.29. The molecular weight excluding hydrogens is 146 g/mol. The Morgan fingerprint density at radius 3 is 2.20 bits per heavy atom. The number of hydrogen-bond donors (Lipinski definition) is 2. The van der Waals surface area contributed by atoms with Crippen LogP contribution in [0.2, 0.25) is 0 Å². The Balaban J connectivity index is 4.17. The Bertz CT molecular complexity index is 135. The van der Waals surface area contributed by atoms with Crippen LogP contribution >= 0.6 is 0 Å². The molecule has 0 aromatic rings. The number of rotatable bonds is 3. The van der Waals surface area contributed by atoms with E-state index in [1.165, 1.54) is 0 Å². The first-order valence-corrected chi connectivity index (χ1v) is 2.70. The fraction of sp³-hybridized carbons (Fsp3) is 0.800. The number of aliphatic hydroxyl groups excluding tert-OH is 1. The predicted octanol–water partition coefficient (Wildman–Crippen LogP) is 0.477. The van der Waals surface area contributed by atoms with Crippen LogP contribution in [0.3, 0.4) is 0 Å². The Morgan fingerprint density at radius 1 is 1.70 bits per heavy atom. The van der Waals surface area contributed by atoms with Gasteiger partial charge in [-0.3, -0.25) is 0 Å². The summed E-state index contributed by atoms with van der Waals surface area (Å²) >= 11 is 0. The maximum atomic E-state index is 12.2. The minimum Gasteiger partial charge on any atom is -0.479 e. The molecule has 0 aliphatic heterocycles. The third-order valence-electron chi connectivity index (χ3n) is 1.11. The molecule has 1 unspecified atom stereocenters. The molecule has 60 valence electrons. The summed E-state index contributed by atoms with van der Waals surface area (Å²) in [6.45, 7) is 1.10. The van der Waals surface area contributed by atoms with Gasteiger partial charge in [-0.15, -0.1) is 0 Å². The Hall–Kier alpha value is -0.710. The van der Waals surface area contributed by atoms with Crippen molar-refractivity contribution in [3.05, 3.63) is 0 Å². The molecule has 0 spiro atoms. The van der Waals surface area contributed by atoms with Crippen LogP contribution in [0.4, 0.5) is 8.78 Å². The van der Waals surface area contributed by atoms with E-state index in [4.69, 9.17) is 10.2 Å². The number of halogens is 2. The standard InChI is InChI=1S/C5H8F2O3/c1-2-5(6,7)3(8)4(9)10/h3,8H,2H2,1H3,(H,9,10). The second-order valence-corrected chi connectivity index (χ2v) is 1.86. The molecule has 0 fully saturated rings. The van der Waals surface area contributed by atoms with Crippen LogP contribution < -0.4 is 0 Å². The molecule has 0 aliphatic carbocycles. The monoisotopic (exact) mass is 154 g/mol. The fourth-order valence-corrected chi connectivity index (χ4v) is 0.374. The zero-order valence-electron chi connectivity index (χ0n) is 5.34. The first-order valence-electron chi connectivity index (χ1n) is 2.70. The molecule has 0 amide bonds. The molecule has 0 aromatic heterocycles. The lowest BCUT2D eigenvalue weighted by atomic mass is 10.1. The lowest BCUT2D eigenvalue weighted by molar-refractivity contribution is -0.171. The average Bonchev–Trinajstić information content (AvgIpc) is 1.86. The van der Waals surface area contributed by atoms with Crippen LogP contribution in [0.5, 0.6) is 0 Å². The van der Waals surface area contributed by atoms with E-state index < -0.39 is 24.4 Å². The van der Waals surface area contributed by atoms with Crippen LogP contribution in [0, 0.1) is 0 Å². The van der Waals surface area contributed by atoms with Crippen LogP contribution in [-0.4, -0.2) is 28.2 Å². The van der Waals surface area contributed by atoms with Gasteiger partial charge in [-0.05, 0) is 0 Å². The van der Waals surface area contributed by atoms with Crippen molar-refractivity contribution in [2.75, 3.05) is 0 Å². The largest absolute Gasteiger partial charge is 0.479 e. The molecule has 0 aromatic carbocycles. The average molecular weight is 154 g/mol. The van der Waals surface area contributed by atoms with Crippen molar-refractivity contribution < 1.29 is 23.8 Å². The third kappa shape index (κ3) is 1.91. The Kier molecular flexibility index (Phi) is 2.71. The molecule has 0 rings (SSSR count). The van der Waals surface area contributed by atoms with Crippen molar-refractivity contribution in [2.45, 2.75) is 25.4 Å². The van der Waals surface area contributed by atoms with Gasteiger partial charge in [0.25, 0.3) is 5.92 Å². The van der Waals surface area contributed by atoms with Crippen LogP contribution in [0.15, 0.2) is 0 Å². The zero-order chi connectivity index (χ0) is 8.36. The number of hydrogen-bond acceptors (Lipinski definition) is 2. The topological polar surface area (TPSA) is 57.5 Å². The van der Waals surface area contributed by atoms with Gasteiger partial charge in [0.05, 0.1) is 0 Å². The van der Waals surface area contributed by atoms with E-state index in [1.54, 1.807) is 0 Å². The Labute approximate surface area is 56.3 Å². The van der Waals surface area contributed by atoms with Crippen molar-refractivity contribution in [2.24, 2.45) is 0 Å². The minimum atomic E-state index is -3.52. The number of carboxylic acids is 1. The molecule has 0 saturated heterocycles. The SMILES string of the molecule is CCC(F)(F)C(O)C(=O)O. The van der Waals surface area contributed by atoms with E-state index in [-0.39, 0.29) is 0 Å². The highest BCUT2D eigenvalue weighted by Gasteiger charge is 2.41. The van der Waals surface area contributed by atoms with Gasteiger partial charge in [0, 0.05) is 6.42 Å². The maximum Gasteiger partial charge on any atom is 0.338 e. The van der Waals surface area contributed by atoms with Crippen molar-refractivity contribution in [3.8, 4) is 0 Å². The first-order chi connectivity index (χ1) is 4.41. The predicted molar refractivity (Wildman–Crippen MR) is 28.9 cm³/mol. The van der Waals surface area contributed by atoms with Crippen molar-refractivity contribution in [1.82, 2.24) is 0 Å². The molecule has 2 N–H and O–H groups in total. The zero-order valence-corrected chi connectivity index (χ0v) is 5.34. The molecule has 0 heterocycles. The maximum absolute atomic E-state index is 12.2. The van der Waals surface area contributed by atoms with Crippen LogP contribution in [0.25, 0.3) is 0 Å². The summed E-state index contributed by atoms with van der Waals surface area (Å²) in [7, 11) is 0. The molecule has 10 heavy (non-hydrogen) atoms. The highest BCUT2D eigenvalue weighted by atomic mass is 19.3. The van der Waals surface area contributed by atoms with E-state index in [2.05, 4.69) is 0 Å². The quantitative estimate of drug-likeness (QED) is 0.621. The summed E-state index contributed by atoms with van der Waals surface area (Å²) in [6.07, 6.45) is -3.27. The third-order valence-corrected chi connectivity index (χ3v) is 1.11. The minimum absolute atomic E-state index is 0.680. The normalized spacial score (nSPS) is 14.8. The van der Waals surface area contributed by atoms with Gasteiger partial charge in [-0.1, -0.05) is 6.92 Å². The lowest BCUT2D eigenvalue weighted by Crippen LogP contribution is -2.39. The molecule has 1 atom stereocenters. The lowest BCUT2D eigenvalue weighted by Gasteiger charge is -2.16. The van der Waals surface area contributed by atoms with E-state index in [0.29, 0.717) is 0 Å². The Morgan fingerprint density at radius 2 is 2.10 bits per heavy atom. The van der Waals surface area contributed by atoms with E-state index in [9.17, 15) is 13.6 Å². The van der Waals surface area contributed by atoms with Gasteiger partial charge in [-0.2, -0.15) is 0 Å².